The highest BCUT2D eigenvalue weighted by Gasteiger charge is 2.24. The summed E-state index contributed by atoms with van der Waals surface area (Å²) in [5, 5.41) is 4.59. The van der Waals surface area contributed by atoms with Crippen LogP contribution in [0.3, 0.4) is 0 Å². The van der Waals surface area contributed by atoms with Crippen LogP contribution in [0.25, 0.3) is 5.69 Å². The van der Waals surface area contributed by atoms with Crippen molar-refractivity contribution in [2.24, 2.45) is 0 Å². The van der Waals surface area contributed by atoms with Crippen LogP contribution in [0.5, 0.6) is 0 Å². The first-order valence-electron chi connectivity index (χ1n) is 5.07. The molecule has 0 atom stereocenters. The Morgan fingerprint density at radius 1 is 1.22 bits per heavy atom. The normalized spacial score (nSPS) is 11.8. The van der Waals surface area contributed by atoms with Gasteiger partial charge in [-0.1, -0.05) is 11.6 Å². The largest absolute Gasteiger partial charge is 0.335 e. The van der Waals surface area contributed by atoms with Crippen LogP contribution in [-0.4, -0.2) is 18.2 Å². The lowest BCUT2D eigenvalue weighted by atomic mass is 10.3. The van der Waals surface area contributed by atoms with Crippen molar-refractivity contribution in [1.82, 2.24) is 9.78 Å². The maximum absolute atomic E-state index is 13.1. The summed E-state index contributed by atoms with van der Waals surface area (Å²) >= 11 is 5.76. The van der Waals surface area contributed by atoms with Crippen LogP contribution in [0.15, 0.2) is 29.2 Å². The molecule has 0 N–H and O–H groups in total. The highest BCUT2D eigenvalue weighted by atomic mass is 35.5. The molecule has 96 valence electrons. The van der Waals surface area contributed by atoms with Gasteiger partial charge in [0.1, 0.15) is 4.90 Å². The van der Waals surface area contributed by atoms with Gasteiger partial charge in [-0.05, 0) is 38.1 Å². The second kappa shape index (κ2) is 4.37. The molecule has 2 rings (SSSR count). The molecule has 0 radical (unpaired) electrons. The van der Waals surface area contributed by atoms with Crippen LogP contribution in [0.2, 0.25) is 5.02 Å². The lowest BCUT2D eigenvalue weighted by Crippen LogP contribution is -2.00. The summed E-state index contributed by atoms with van der Waals surface area (Å²) in [6, 6.07) is 6.65. The third kappa shape index (κ3) is 2.26. The van der Waals surface area contributed by atoms with Crippen molar-refractivity contribution in [3.8, 4) is 5.69 Å². The number of halogens is 2. The van der Waals surface area contributed by atoms with Crippen molar-refractivity contribution in [1.29, 1.82) is 0 Å². The lowest BCUT2D eigenvalue weighted by Gasteiger charge is -2.04. The zero-order valence-corrected chi connectivity index (χ0v) is 11.3. The van der Waals surface area contributed by atoms with E-state index in [1.54, 1.807) is 24.3 Å². The fraction of sp³-hybridized carbons (Fsp3) is 0.182. The van der Waals surface area contributed by atoms with Gasteiger partial charge in [0.05, 0.1) is 17.1 Å². The van der Waals surface area contributed by atoms with Gasteiger partial charge in [0.15, 0.2) is 0 Å². The van der Waals surface area contributed by atoms with E-state index in [1.807, 2.05) is 0 Å². The second-order valence-corrected chi connectivity index (χ2v) is 5.55. The average molecular weight is 289 g/mol. The first-order valence-corrected chi connectivity index (χ1v) is 6.83. The Kier molecular flexibility index (Phi) is 3.16. The van der Waals surface area contributed by atoms with Gasteiger partial charge in [-0.25, -0.2) is 4.68 Å². The van der Waals surface area contributed by atoms with Gasteiger partial charge in [-0.3, -0.25) is 0 Å². The van der Waals surface area contributed by atoms with E-state index < -0.39 is 10.2 Å². The quantitative estimate of drug-likeness (QED) is 0.799. The molecule has 2 aromatic rings. The number of benzene rings is 1. The van der Waals surface area contributed by atoms with Gasteiger partial charge in [0.2, 0.25) is 0 Å². The standard InChI is InChI=1S/C11H10ClFN2O2S/c1-7-11(18(13,16)17)8(2)15(14-7)10-5-3-9(12)4-6-10/h3-6H,1-2H3. The smallest absolute Gasteiger partial charge is 0.236 e. The third-order valence-electron chi connectivity index (χ3n) is 2.54. The lowest BCUT2D eigenvalue weighted by molar-refractivity contribution is 0.550. The van der Waals surface area contributed by atoms with Gasteiger partial charge in [0, 0.05) is 5.02 Å². The van der Waals surface area contributed by atoms with Gasteiger partial charge in [-0.2, -0.15) is 13.5 Å². The summed E-state index contributed by atoms with van der Waals surface area (Å²) in [6.45, 7) is 2.95. The summed E-state index contributed by atoms with van der Waals surface area (Å²) in [4.78, 5) is -0.377. The molecule has 18 heavy (non-hydrogen) atoms. The van der Waals surface area contributed by atoms with Gasteiger partial charge >= 0.3 is 10.2 Å². The SMILES string of the molecule is Cc1nn(-c2ccc(Cl)cc2)c(C)c1S(=O)(=O)F. The molecule has 1 aromatic carbocycles. The highest BCUT2D eigenvalue weighted by Crippen LogP contribution is 2.24. The van der Waals surface area contributed by atoms with Crippen molar-refractivity contribution in [2.75, 3.05) is 0 Å². The minimum atomic E-state index is -4.77. The van der Waals surface area contributed by atoms with Crippen molar-refractivity contribution in [2.45, 2.75) is 18.7 Å². The van der Waals surface area contributed by atoms with E-state index in [0.29, 0.717) is 10.7 Å². The predicted molar refractivity (Wildman–Crippen MR) is 66.3 cm³/mol. The Balaban J connectivity index is 2.65. The van der Waals surface area contributed by atoms with Crippen molar-refractivity contribution < 1.29 is 12.3 Å². The van der Waals surface area contributed by atoms with Crippen LogP contribution in [0.4, 0.5) is 3.89 Å². The third-order valence-corrected chi connectivity index (χ3v) is 3.87. The fourth-order valence-electron chi connectivity index (χ4n) is 1.81. The molecule has 1 aromatic heterocycles. The van der Waals surface area contributed by atoms with E-state index in [-0.39, 0.29) is 16.3 Å². The van der Waals surface area contributed by atoms with Crippen molar-refractivity contribution >= 4 is 21.8 Å². The van der Waals surface area contributed by atoms with Crippen molar-refractivity contribution in [3.05, 3.63) is 40.7 Å². The first-order chi connectivity index (χ1) is 8.30. The van der Waals surface area contributed by atoms with E-state index in [0.717, 1.165) is 0 Å². The van der Waals surface area contributed by atoms with E-state index in [4.69, 9.17) is 11.6 Å². The molecule has 0 fully saturated rings. The predicted octanol–water partition coefficient (Wildman–Crippen LogP) is 2.80. The van der Waals surface area contributed by atoms with Crippen LogP contribution in [0, 0.1) is 13.8 Å². The molecule has 7 heteroatoms. The van der Waals surface area contributed by atoms with E-state index in [1.165, 1.54) is 18.5 Å². The molecule has 0 aliphatic carbocycles. The molecule has 0 amide bonds. The zero-order valence-electron chi connectivity index (χ0n) is 9.68. The van der Waals surface area contributed by atoms with E-state index >= 15 is 0 Å². The maximum atomic E-state index is 13.1. The topological polar surface area (TPSA) is 52.0 Å². The van der Waals surface area contributed by atoms with Gasteiger partial charge in [-0.15, -0.1) is 3.89 Å². The minimum absolute atomic E-state index is 0.130. The number of nitrogens with zero attached hydrogens (tertiary/aromatic N) is 2. The van der Waals surface area contributed by atoms with Crippen LogP contribution in [-0.2, 0) is 10.2 Å². The Bertz CT molecular complexity index is 693. The molecule has 0 spiro atoms. The van der Waals surface area contributed by atoms with Crippen LogP contribution in [0.1, 0.15) is 11.4 Å². The number of hydrogen-bond donors (Lipinski definition) is 0. The van der Waals surface area contributed by atoms with E-state index in [2.05, 4.69) is 5.10 Å². The summed E-state index contributed by atoms with van der Waals surface area (Å²) in [7, 11) is -4.77. The molecular formula is C11H10ClFN2O2S. The molecule has 4 nitrogen and oxygen atoms in total. The summed E-state index contributed by atoms with van der Waals surface area (Å²) in [6.07, 6.45) is 0. The molecule has 0 saturated heterocycles. The maximum Gasteiger partial charge on any atom is 0.335 e. The molecule has 0 bridgehead atoms. The summed E-state index contributed by atoms with van der Waals surface area (Å²) < 4.78 is 36.6. The van der Waals surface area contributed by atoms with Gasteiger partial charge < -0.3 is 0 Å². The minimum Gasteiger partial charge on any atom is -0.236 e. The number of hydrogen-bond acceptors (Lipinski definition) is 3. The molecule has 0 saturated carbocycles. The van der Waals surface area contributed by atoms with Crippen molar-refractivity contribution in [3.63, 3.8) is 0 Å². The Labute approximate surface area is 109 Å². The molecule has 0 aliphatic heterocycles. The van der Waals surface area contributed by atoms with Crippen LogP contribution >= 0.6 is 11.6 Å². The Hall–Kier alpha value is -1.40. The van der Waals surface area contributed by atoms with E-state index in [9.17, 15) is 12.3 Å². The number of aromatic nitrogens is 2. The number of aryl methyl sites for hydroxylation is 1. The molecule has 1 heterocycles. The number of rotatable bonds is 2. The highest BCUT2D eigenvalue weighted by molar-refractivity contribution is 7.86. The first kappa shape index (κ1) is 13.0. The zero-order chi connectivity index (χ0) is 13.5. The Morgan fingerprint density at radius 2 is 1.78 bits per heavy atom. The summed E-state index contributed by atoms with van der Waals surface area (Å²) in [5.41, 5.74) is 0.983. The average Bonchev–Trinajstić information content (AvgIpc) is 2.54. The van der Waals surface area contributed by atoms with Gasteiger partial charge in [0.25, 0.3) is 0 Å². The summed E-state index contributed by atoms with van der Waals surface area (Å²) in [5.74, 6) is 0. The monoisotopic (exact) mass is 288 g/mol. The van der Waals surface area contributed by atoms with Crippen LogP contribution < -0.4 is 0 Å². The fourth-order valence-corrected chi connectivity index (χ4v) is 2.77. The Morgan fingerprint density at radius 3 is 2.22 bits per heavy atom. The second-order valence-electron chi connectivity index (χ2n) is 3.83. The molecule has 0 unspecified atom stereocenters. The molecular weight excluding hydrogens is 279 g/mol. The molecule has 0 aliphatic rings.